The van der Waals surface area contributed by atoms with Crippen LogP contribution in [-0.2, 0) is 4.79 Å². The Morgan fingerprint density at radius 1 is 1.25 bits per heavy atom. The van der Waals surface area contributed by atoms with E-state index in [2.05, 4.69) is 15.5 Å². The van der Waals surface area contributed by atoms with Gasteiger partial charge in [0.1, 0.15) is 5.69 Å². The van der Waals surface area contributed by atoms with Crippen LogP contribution in [0.5, 0.6) is 0 Å². The Labute approximate surface area is 173 Å². The molecule has 0 aliphatic carbocycles. The number of nitrogens with zero attached hydrogens (tertiary/aromatic N) is 4. The van der Waals surface area contributed by atoms with Gasteiger partial charge in [0.15, 0.2) is 5.82 Å². The van der Waals surface area contributed by atoms with Crippen molar-refractivity contribution in [3.63, 3.8) is 0 Å². The van der Waals surface area contributed by atoms with Crippen LogP contribution < -0.4 is 11.2 Å². The number of nitrogens with two attached hydrogens (primary N) is 1. The minimum atomic E-state index is -0.568. The van der Waals surface area contributed by atoms with Gasteiger partial charge >= 0.3 is 0 Å². The molecule has 0 spiro atoms. The van der Waals surface area contributed by atoms with Crippen molar-refractivity contribution >= 4 is 52.2 Å². The molecule has 3 aromatic rings. The summed E-state index contributed by atoms with van der Waals surface area (Å²) >= 11 is 13.1. The second kappa shape index (κ2) is 8.46. The molecule has 1 heterocycles. The van der Waals surface area contributed by atoms with Gasteiger partial charge in [-0.05, 0) is 24.3 Å². The molecule has 3 rings (SSSR count). The summed E-state index contributed by atoms with van der Waals surface area (Å²) in [6, 6.07) is 10.7. The summed E-state index contributed by atoms with van der Waals surface area (Å²) < 4.78 is 1.21. The number of carbonyl (C=O) groups is 1. The maximum Gasteiger partial charge on any atom is 0.292 e. The van der Waals surface area contributed by atoms with Gasteiger partial charge in [-0.2, -0.15) is 0 Å². The van der Waals surface area contributed by atoms with E-state index in [1.807, 2.05) is 0 Å². The summed E-state index contributed by atoms with van der Waals surface area (Å²) in [5.74, 6) is 5.79. The Hall–Kier alpha value is -2.82. The van der Waals surface area contributed by atoms with Gasteiger partial charge in [0, 0.05) is 16.7 Å². The largest absolute Gasteiger partial charge is 0.335 e. The molecule has 3 N–H and O–H groups in total. The lowest BCUT2D eigenvalue weighted by atomic mass is 10.2. The Bertz CT molecular complexity index is 1060. The van der Waals surface area contributed by atoms with Crippen molar-refractivity contribution in [1.82, 2.24) is 14.9 Å². The molecular formula is C16H12Cl2N6O3S. The molecule has 2 aromatic carbocycles. The van der Waals surface area contributed by atoms with E-state index in [1.165, 1.54) is 22.9 Å². The number of carbonyl (C=O) groups excluding carboxylic acids is 1. The summed E-state index contributed by atoms with van der Waals surface area (Å²) in [6.45, 7) is 0. The first-order chi connectivity index (χ1) is 13.4. The van der Waals surface area contributed by atoms with Crippen LogP contribution in [0, 0.1) is 10.1 Å². The summed E-state index contributed by atoms with van der Waals surface area (Å²) in [5, 5.41) is 22.6. The van der Waals surface area contributed by atoms with Crippen LogP contribution in [0.2, 0.25) is 10.0 Å². The highest BCUT2D eigenvalue weighted by Gasteiger charge is 2.18. The highest BCUT2D eigenvalue weighted by molar-refractivity contribution is 7.99. The molecule has 1 amide bonds. The molecule has 144 valence electrons. The first-order valence-electron chi connectivity index (χ1n) is 7.69. The van der Waals surface area contributed by atoms with E-state index in [0.29, 0.717) is 21.4 Å². The van der Waals surface area contributed by atoms with Gasteiger partial charge in [0.25, 0.3) is 5.69 Å². The smallest absolute Gasteiger partial charge is 0.292 e. The van der Waals surface area contributed by atoms with Crippen LogP contribution >= 0.6 is 35.0 Å². The maximum absolute atomic E-state index is 12.2. The average molecular weight is 439 g/mol. The molecule has 0 saturated heterocycles. The number of benzene rings is 2. The van der Waals surface area contributed by atoms with E-state index < -0.39 is 10.8 Å². The van der Waals surface area contributed by atoms with E-state index >= 15 is 0 Å². The molecule has 0 radical (unpaired) electrons. The number of rotatable bonds is 6. The number of halogens is 2. The number of thioether (sulfide) groups is 1. The number of hydrogen-bond donors (Lipinski definition) is 2. The number of nitro benzene ring substituents is 1. The zero-order valence-corrected chi connectivity index (χ0v) is 16.3. The summed E-state index contributed by atoms with van der Waals surface area (Å²) in [6.07, 6.45) is 0. The van der Waals surface area contributed by atoms with Crippen LogP contribution in [0.15, 0.2) is 47.6 Å². The van der Waals surface area contributed by atoms with E-state index in [0.717, 1.165) is 11.8 Å². The number of nitrogen functional groups attached to an aromatic ring is 1. The van der Waals surface area contributed by atoms with Crippen molar-refractivity contribution < 1.29 is 9.72 Å². The van der Waals surface area contributed by atoms with Gasteiger partial charge in [-0.3, -0.25) is 14.9 Å². The van der Waals surface area contributed by atoms with E-state index in [4.69, 9.17) is 29.0 Å². The summed E-state index contributed by atoms with van der Waals surface area (Å²) in [5.41, 5.74) is 0.459. The molecule has 0 saturated carbocycles. The number of para-hydroxylation sites is 2. The fraction of sp³-hybridized carbons (Fsp3) is 0.0625. The van der Waals surface area contributed by atoms with Gasteiger partial charge in [-0.15, -0.1) is 10.2 Å². The third kappa shape index (κ3) is 4.35. The molecule has 0 fully saturated rings. The normalized spacial score (nSPS) is 10.6. The summed E-state index contributed by atoms with van der Waals surface area (Å²) in [7, 11) is 0. The predicted octanol–water partition coefficient (Wildman–Crippen LogP) is 3.60. The van der Waals surface area contributed by atoms with Crippen molar-refractivity contribution in [3.05, 3.63) is 62.6 Å². The molecule has 28 heavy (non-hydrogen) atoms. The third-order valence-corrected chi connectivity index (χ3v) is 5.03. The van der Waals surface area contributed by atoms with Crippen molar-refractivity contribution in [1.29, 1.82) is 0 Å². The number of nitro groups is 1. The van der Waals surface area contributed by atoms with Crippen LogP contribution in [-0.4, -0.2) is 31.5 Å². The zero-order valence-electron chi connectivity index (χ0n) is 14.0. The molecule has 0 bridgehead atoms. The Balaban J connectivity index is 1.70. The lowest BCUT2D eigenvalue weighted by Gasteiger charge is -2.07. The monoisotopic (exact) mass is 438 g/mol. The van der Waals surface area contributed by atoms with Gasteiger partial charge < -0.3 is 11.2 Å². The fourth-order valence-corrected chi connectivity index (χ4v) is 3.43. The van der Waals surface area contributed by atoms with Gasteiger partial charge in [0.05, 0.1) is 15.7 Å². The topological polar surface area (TPSA) is 129 Å². The van der Waals surface area contributed by atoms with Gasteiger partial charge in [-0.25, -0.2) is 4.68 Å². The SMILES string of the molecule is Nn1c(SCC(=O)Nc2ccccc2[N+](=O)[O-])nnc1-c1ccc(Cl)cc1Cl. The molecule has 9 nitrogen and oxygen atoms in total. The first-order valence-corrected chi connectivity index (χ1v) is 9.43. The van der Waals surface area contributed by atoms with Crippen molar-refractivity contribution in [2.75, 3.05) is 16.9 Å². The van der Waals surface area contributed by atoms with Crippen LogP contribution in [0.25, 0.3) is 11.4 Å². The lowest BCUT2D eigenvalue weighted by Crippen LogP contribution is -2.17. The predicted molar refractivity (Wildman–Crippen MR) is 108 cm³/mol. The van der Waals surface area contributed by atoms with E-state index in [-0.39, 0.29) is 22.3 Å². The van der Waals surface area contributed by atoms with Gasteiger partial charge in [-0.1, -0.05) is 47.1 Å². The van der Waals surface area contributed by atoms with Gasteiger partial charge in [0.2, 0.25) is 11.1 Å². The van der Waals surface area contributed by atoms with E-state index in [1.54, 1.807) is 24.3 Å². The zero-order chi connectivity index (χ0) is 20.3. The quantitative estimate of drug-likeness (QED) is 0.260. The van der Waals surface area contributed by atoms with Crippen molar-refractivity contribution in [2.45, 2.75) is 5.16 Å². The number of amides is 1. The first kappa shape index (κ1) is 19.9. The number of aromatic nitrogens is 3. The standard InChI is InChI=1S/C16H12Cl2N6O3S/c17-9-5-6-10(11(18)7-9)15-21-22-16(23(15)19)28-8-14(25)20-12-3-1-2-4-13(12)24(26)27/h1-7H,8,19H2,(H,20,25). The van der Waals surface area contributed by atoms with Crippen LogP contribution in [0.1, 0.15) is 0 Å². The number of hydrogen-bond acceptors (Lipinski definition) is 7. The highest BCUT2D eigenvalue weighted by atomic mass is 35.5. The molecule has 0 atom stereocenters. The fourth-order valence-electron chi connectivity index (χ4n) is 2.28. The summed E-state index contributed by atoms with van der Waals surface area (Å²) in [4.78, 5) is 22.6. The molecule has 0 unspecified atom stereocenters. The van der Waals surface area contributed by atoms with Crippen LogP contribution in [0.4, 0.5) is 11.4 Å². The number of nitrogens with one attached hydrogen (secondary N) is 1. The van der Waals surface area contributed by atoms with Crippen molar-refractivity contribution in [3.8, 4) is 11.4 Å². The number of anilines is 1. The van der Waals surface area contributed by atoms with E-state index in [9.17, 15) is 14.9 Å². The second-order valence-corrected chi connectivity index (χ2v) is 7.20. The molecule has 12 heteroatoms. The molecule has 0 aliphatic heterocycles. The minimum Gasteiger partial charge on any atom is -0.335 e. The Morgan fingerprint density at radius 2 is 2.00 bits per heavy atom. The average Bonchev–Trinajstić information content (AvgIpc) is 3.01. The third-order valence-electron chi connectivity index (χ3n) is 3.54. The van der Waals surface area contributed by atoms with Crippen molar-refractivity contribution in [2.24, 2.45) is 0 Å². The second-order valence-electron chi connectivity index (χ2n) is 5.41. The molecular weight excluding hydrogens is 427 g/mol. The Morgan fingerprint density at radius 3 is 2.71 bits per heavy atom. The Kier molecular flexibility index (Phi) is 6.02. The van der Waals surface area contributed by atoms with Crippen LogP contribution in [0.3, 0.4) is 0 Å². The lowest BCUT2D eigenvalue weighted by molar-refractivity contribution is -0.383. The minimum absolute atomic E-state index is 0.0737. The highest BCUT2D eigenvalue weighted by Crippen LogP contribution is 2.30. The molecule has 0 aliphatic rings. The maximum atomic E-state index is 12.2. The molecule has 1 aromatic heterocycles.